The first-order valence-electron chi connectivity index (χ1n) is 11.6. The predicted molar refractivity (Wildman–Crippen MR) is 126 cm³/mol. The lowest BCUT2D eigenvalue weighted by atomic mass is 9.95. The Morgan fingerprint density at radius 2 is 1.85 bits per heavy atom. The van der Waals surface area contributed by atoms with Crippen LogP contribution in [0.15, 0.2) is 53.3 Å². The molecule has 2 aromatic rings. The highest BCUT2D eigenvalue weighted by Crippen LogP contribution is 2.40. The highest BCUT2D eigenvalue weighted by molar-refractivity contribution is 6.03. The van der Waals surface area contributed by atoms with Crippen LogP contribution in [-0.2, 0) is 15.3 Å². The van der Waals surface area contributed by atoms with Crippen LogP contribution in [0, 0.1) is 5.82 Å². The average Bonchev–Trinajstić information content (AvgIpc) is 3.27. The number of aromatic nitrogens is 1. The summed E-state index contributed by atoms with van der Waals surface area (Å²) in [5.41, 5.74) is 1.57. The molecular formula is C25H31FN4O3. The number of morpholine rings is 1. The maximum absolute atomic E-state index is 13.4. The van der Waals surface area contributed by atoms with Crippen LogP contribution in [0.1, 0.15) is 37.8 Å². The first-order chi connectivity index (χ1) is 16.2. The predicted octanol–water partition coefficient (Wildman–Crippen LogP) is 3.75. The van der Waals surface area contributed by atoms with Gasteiger partial charge in [-0.2, -0.15) is 0 Å². The molecule has 176 valence electrons. The zero-order chi connectivity index (χ0) is 23.3. The lowest BCUT2D eigenvalue weighted by Crippen LogP contribution is -2.51. The number of fused-ring (bicyclic) bond motifs is 1. The summed E-state index contributed by atoms with van der Waals surface area (Å²) in [5.74, 6) is 1.33. The minimum Gasteiger partial charge on any atom is -0.390 e. The molecule has 8 heteroatoms. The molecule has 0 amide bonds. The zero-order valence-corrected chi connectivity index (χ0v) is 19.2. The third-order valence-corrected chi connectivity index (χ3v) is 6.05. The van der Waals surface area contributed by atoms with Crippen molar-refractivity contribution in [3.05, 3.63) is 65.1 Å². The summed E-state index contributed by atoms with van der Waals surface area (Å²) < 4.78 is 18.8. The number of pyridine rings is 1. The number of halogens is 1. The third-order valence-electron chi connectivity index (χ3n) is 6.05. The minimum atomic E-state index is -1.12. The number of aliphatic hydroxyl groups excluding tert-OH is 1. The smallest absolute Gasteiger partial charge is 0.260 e. The molecule has 3 aliphatic heterocycles. The first kappa shape index (κ1) is 23.2. The van der Waals surface area contributed by atoms with Gasteiger partial charge in [-0.1, -0.05) is 19.0 Å². The molecule has 1 aromatic heterocycles. The van der Waals surface area contributed by atoms with Crippen molar-refractivity contribution in [3.8, 4) is 0 Å². The molecule has 0 aliphatic carbocycles. The van der Waals surface area contributed by atoms with E-state index in [0.29, 0.717) is 17.9 Å². The number of amidine groups is 1. The van der Waals surface area contributed by atoms with Crippen LogP contribution in [0.3, 0.4) is 0 Å². The fourth-order valence-corrected chi connectivity index (χ4v) is 4.37. The van der Waals surface area contributed by atoms with Crippen molar-refractivity contribution in [2.75, 3.05) is 44.4 Å². The molecule has 1 N–H and O–H groups in total. The fourth-order valence-electron chi connectivity index (χ4n) is 4.37. The van der Waals surface area contributed by atoms with E-state index in [9.17, 15) is 9.50 Å². The number of benzene rings is 1. The van der Waals surface area contributed by atoms with Crippen molar-refractivity contribution < 1.29 is 19.1 Å². The standard InChI is InChI=1S/C23H25FN4O3.C2H6/c24-20-6-4-19(5-7-20)23(16-29)28-9-1-2-18(22(28)26-31-23)14-17-3-8-21(25-15-17)27-10-12-30-13-11-27;1-2/h3-8,14-15,29H,1-2,9-13,16H2;1-2H3/b18-14+;. The van der Waals surface area contributed by atoms with Crippen LogP contribution in [0.25, 0.3) is 6.08 Å². The van der Waals surface area contributed by atoms with Crippen LogP contribution in [0.5, 0.6) is 0 Å². The zero-order valence-electron chi connectivity index (χ0n) is 19.2. The SMILES string of the molecule is CC.OCC1(c2ccc(F)cc2)ON=C2/C(=C/c3ccc(N4CCOCC4)nc3)CCCN21. The summed E-state index contributed by atoms with van der Waals surface area (Å²) in [6, 6.07) is 10.1. The highest BCUT2D eigenvalue weighted by atomic mass is 19.1. The van der Waals surface area contributed by atoms with Crippen LogP contribution in [0.2, 0.25) is 0 Å². The molecule has 4 heterocycles. The molecule has 1 atom stereocenters. The lowest BCUT2D eigenvalue weighted by Gasteiger charge is -2.38. The van der Waals surface area contributed by atoms with Crippen molar-refractivity contribution in [1.82, 2.24) is 9.88 Å². The molecule has 33 heavy (non-hydrogen) atoms. The second kappa shape index (κ2) is 10.3. The Balaban J connectivity index is 0.00000126. The number of hydrogen-bond acceptors (Lipinski definition) is 7. The molecule has 0 spiro atoms. The van der Waals surface area contributed by atoms with Gasteiger partial charge in [0.25, 0.3) is 5.72 Å². The second-order valence-corrected chi connectivity index (χ2v) is 7.93. The molecule has 3 aliphatic rings. The van der Waals surface area contributed by atoms with Gasteiger partial charge in [-0.05, 0) is 66.5 Å². The number of rotatable bonds is 4. The van der Waals surface area contributed by atoms with E-state index in [2.05, 4.69) is 27.2 Å². The maximum atomic E-state index is 13.4. The summed E-state index contributed by atoms with van der Waals surface area (Å²) >= 11 is 0. The quantitative estimate of drug-likeness (QED) is 0.759. The third kappa shape index (κ3) is 4.58. The van der Waals surface area contributed by atoms with E-state index in [1.54, 1.807) is 12.1 Å². The molecule has 2 saturated heterocycles. The van der Waals surface area contributed by atoms with Gasteiger partial charge in [-0.25, -0.2) is 9.37 Å². The molecular weight excluding hydrogens is 423 g/mol. The molecule has 0 saturated carbocycles. The number of piperidine rings is 1. The van der Waals surface area contributed by atoms with E-state index in [-0.39, 0.29) is 12.4 Å². The summed E-state index contributed by atoms with van der Waals surface area (Å²) in [7, 11) is 0. The lowest BCUT2D eigenvalue weighted by molar-refractivity contribution is -0.137. The van der Waals surface area contributed by atoms with Gasteiger partial charge >= 0.3 is 0 Å². The Kier molecular flexibility index (Phi) is 7.25. The maximum Gasteiger partial charge on any atom is 0.260 e. The Hall–Kier alpha value is -2.97. The summed E-state index contributed by atoms with van der Waals surface area (Å²) in [6.45, 7) is 7.57. The molecule has 2 fully saturated rings. The van der Waals surface area contributed by atoms with Crippen molar-refractivity contribution in [3.63, 3.8) is 0 Å². The molecule has 5 rings (SSSR count). The van der Waals surface area contributed by atoms with Gasteiger partial charge in [0.05, 0.1) is 13.2 Å². The number of ether oxygens (including phenoxy) is 1. The number of oxime groups is 1. The fraction of sp³-hybridized carbons (Fsp3) is 0.440. The summed E-state index contributed by atoms with van der Waals surface area (Å²) in [4.78, 5) is 14.6. The minimum absolute atomic E-state index is 0.283. The number of aliphatic hydroxyl groups is 1. The molecule has 1 unspecified atom stereocenters. The van der Waals surface area contributed by atoms with Gasteiger partial charge in [-0.15, -0.1) is 0 Å². The largest absolute Gasteiger partial charge is 0.390 e. The average molecular weight is 455 g/mol. The van der Waals surface area contributed by atoms with Crippen LogP contribution >= 0.6 is 0 Å². The summed E-state index contributed by atoms with van der Waals surface area (Å²) in [5, 5.41) is 14.6. The second-order valence-electron chi connectivity index (χ2n) is 7.93. The number of anilines is 1. The highest BCUT2D eigenvalue weighted by Gasteiger charge is 2.49. The molecule has 7 nitrogen and oxygen atoms in total. The van der Waals surface area contributed by atoms with Crippen molar-refractivity contribution in [1.29, 1.82) is 0 Å². The Morgan fingerprint density at radius 3 is 2.52 bits per heavy atom. The van der Waals surface area contributed by atoms with Gasteiger partial charge in [0, 0.05) is 31.4 Å². The summed E-state index contributed by atoms with van der Waals surface area (Å²) in [6.07, 6.45) is 5.69. The van der Waals surface area contributed by atoms with E-state index in [1.807, 2.05) is 31.0 Å². The van der Waals surface area contributed by atoms with Crippen LogP contribution < -0.4 is 4.90 Å². The van der Waals surface area contributed by atoms with Crippen molar-refractivity contribution >= 4 is 17.7 Å². The van der Waals surface area contributed by atoms with E-state index < -0.39 is 5.72 Å². The Labute approximate surface area is 194 Å². The number of nitrogens with zero attached hydrogens (tertiary/aromatic N) is 4. The van der Waals surface area contributed by atoms with Gasteiger partial charge < -0.3 is 24.5 Å². The molecule has 1 aromatic carbocycles. The monoisotopic (exact) mass is 454 g/mol. The van der Waals surface area contributed by atoms with Gasteiger partial charge in [-0.3, -0.25) is 0 Å². The Morgan fingerprint density at radius 1 is 1.09 bits per heavy atom. The van der Waals surface area contributed by atoms with E-state index >= 15 is 0 Å². The van der Waals surface area contributed by atoms with Gasteiger partial charge in [0.2, 0.25) is 0 Å². The first-order valence-corrected chi connectivity index (χ1v) is 11.6. The van der Waals surface area contributed by atoms with Crippen LogP contribution in [-0.4, -0.2) is 60.3 Å². The van der Waals surface area contributed by atoms with E-state index in [0.717, 1.165) is 56.1 Å². The van der Waals surface area contributed by atoms with Gasteiger partial charge in [0.15, 0.2) is 5.84 Å². The van der Waals surface area contributed by atoms with Crippen molar-refractivity contribution in [2.24, 2.45) is 5.16 Å². The van der Waals surface area contributed by atoms with E-state index in [1.165, 1.54) is 12.1 Å². The van der Waals surface area contributed by atoms with Crippen LogP contribution in [0.4, 0.5) is 10.2 Å². The molecule has 0 radical (unpaired) electrons. The number of hydrogen-bond donors (Lipinski definition) is 1. The topological polar surface area (TPSA) is 70.4 Å². The normalized spacial score (nSPS) is 23.4. The van der Waals surface area contributed by atoms with E-state index in [4.69, 9.17) is 9.57 Å². The van der Waals surface area contributed by atoms with Crippen molar-refractivity contribution in [2.45, 2.75) is 32.4 Å². The molecule has 0 bridgehead atoms. The van der Waals surface area contributed by atoms with Gasteiger partial charge in [0.1, 0.15) is 18.2 Å². The Bertz CT molecular complexity index is 988.